The third kappa shape index (κ3) is 2.72. The number of hydrogen-bond acceptors (Lipinski definition) is 3. The number of hydrogen-bond donors (Lipinski definition) is 1. The summed E-state index contributed by atoms with van der Waals surface area (Å²) in [5, 5.41) is 8.56. The van der Waals surface area contributed by atoms with E-state index in [-0.39, 0.29) is 5.97 Å². The number of ether oxygens (including phenoxy) is 1. The van der Waals surface area contributed by atoms with Gasteiger partial charge in [-0.3, -0.25) is 9.59 Å². The summed E-state index contributed by atoms with van der Waals surface area (Å²) in [4.78, 5) is 21.7. The molecular formula is C9H14O4. The summed E-state index contributed by atoms with van der Waals surface area (Å²) in [6.07, 6.45) is 0.421. The smallest absolute Gasteiger partial charge is 0.310 e. The molecule has 1 saturated carbocycles. The lowest BCUT2D eigenvalue weighted by Crippen LogP contribution is -2.25. The molecule has 0 saturated heterocycles. The summed E-state index contributed by atoms with van der Waals surface area (Å²) in [5.74, 6) is -2.23. The molecule has 2 atom stereocenters. The van der Waals surface area contributed by atoms with Crippen LogP contribution in [0.15, 0.2) is 0 Å². The lowest BCUT2D eigenvalue weighted by molar-refractivity contribution is -0.158. The zero-order valence-electron chi connectivity index (χ0n) is 8.03. The number of aliphatic carboxylic acids is 1. The monoisotopic (exact) mass is 186 g/mol. The van der Waals surface area contributed by atoms with Crippen LogP contribution in [-0.4, -0.2) is 22.6 Å². The Morgan fingerprint density at radius 2 is 1.85 bits per heavy atom. The molecule has 4 heteroatoms. The Labute approximate surface area is 76.9 Å². The van der Waals surface area contributed by atoms with Crippen molar-refractivity contribution in [2.75, 3.05) is 0 Å². The van der Waals surface area contributed by atoms with Crippen molar-refractivity contribution in [3.63, 3.8) is 0 Å². The van der Waals surface area contributed by atoms with Gasteiger partial charge in [0.15, 0.2) is 0 Å². The average Bonchev–Trinajstić information content (AvgIpc) is 2.58. The fourth-order valence-electron chi connectivity index (χ4n) is 1.11. The van der Waals surface area contributed by atoms with E-state index in [1.54, 1.807) is 20.8 Å². The molecule has 0 aromatic carbocycles. The van der Waals surface area contributed by atoms with Gasteiger partial charge in [0, 0.05) is 0 Å². The van der Waals surface area contributed by atoms with E-state index in [1.807, 2.05) is 0 Å². The lowest BCUT2D eigenvalue weighted by atomic mass is 10.2. The first-order valence-electron chi connectivity index (χ1n) is 4.27. The van der Waals surface area contributed by atoms with Crippen molar-refractivity contribution >= 4 is 11.9 Å². The molecule has 0 bridgehead atoms. The SMILES string of the molecule is CC(C)(C)OC(=O)[C@H]1C[C@H]1C(=O)O. The molecule has 13 heavy (non-hydrogen) atoms. The van der Waals surface area contributed by atoms with Gasteiger partial charge in [-0.25, -0.2) is 0 Å². The van der Waals surface area contributed by atoms with E-state index in [9.17, 15) is 9.59 Å². The molecule has 0 aliphatic heterocycles. The number of esters is 1. The van der Waals surface area contributed by atoms with Gasteiger partial charge in [-0.2, -0.15) is 0 Å². The molecule has 74 valence electrons. The highest BCUT2D eigenvalue weighted by Crippen LogP contribution is 2.40. The van der Waals surface area contributed by atoms with Gasteiger partial charge in [0.05, 0.1) is 11.8 Å². The number of carboxylic acid groups (broad SMARTS) is 1. The molecule has 1 N–H and O–H groups in total. The van der Waals surface area contributed by atoms with Crippen molar-refractivity contribution in [3.8, 4) is 0 Å². The van der Waals surface area contributed by atoms with Crippen LogP contribution in [0.1, 0.15) is 27.2 Å². The predicted octanol–water partition coefficient (Wildman–Crippen LogP) is 1.05. The van der Waals surface area contributed by atoms with E-state index < -0.39 is 23.4 Å². The van der Waals surface area contributed by atoms with Crippen molar-refractivity contribution in [2.24, 2.45) is 11.8 Å². The summed E-state index contributed by atoms with van der Waals surface area (Å²) in [6.45, 7) is 5.30. The van der Waals surface area contributed by atoms with Crippen LogP contribution in [0, 0.1) is 11.8 Å². The van der Waals surface area contributed by atoms with Gasteiger partial charge >= 0.3 is 11.9 Å². The first-order chi connectivity index (χ1) is 5.81. The number of carbonyl (C=O) groups is 2. The van der Waals surface area contributed by atoms with E-state index >= 15 is 0 Å². The minimum Gasteiger partial charge on any atom is -0.481 e. The van der Waals surface area contributed by atoms with Gasteiger partial charge in [0.2, 0.25) is 0 Å². The summed E-state index contributed by atoms with van der Waals surface area (Å²) in [5.41, 5.74) is -0.525. The predicted molar refractivity (Wildman–Crippen MR) is 45.1 cm³/mol. The molecule has 0 aromatic rings. The van der Waals surface area contributed by atoms with Crippen molar-refractivity contribution in [3.05, 3.63) is 0 Å². The Bertz CT molecular complexity index is 238. The zero-order valence-corrected chi connectivity index (χ0v) is 8.03. The third-order valence-electron chi connectivity index (χ3n) is 1.82. The number of carboxylic acids is 1. The minimum absolute atomic E-state index is 0.389. The van der Waals surface area contributed by atoms with E-state index in [2.05, 4.69) is 0 Å². The van der Waals surface area contributed by atoms with Crippen LogP contribution >= 0.6 is 0 Å². The maximum Gasteiger partial charge on any atom is 0.310 e. The molecule has 0 radical (unpaired) electrons. The third-order valence-corrected chi connectivity index (χ3v) is 1.82. The quantitative estimate of drug-likeness (QED) is 0.654. The molecule has 1 rings (SSSR count). The van der Waals surface area contributed by atoms with Crippen LogP contribution in [0.2, 0.25) is 0 Å². The Balaban J connectivity index is 2.40. The molecule has 0 unspecified atom stereocenters. The van der Waals surface area contributed by atoms with Gasteiger partial charge in [-0.1, -0.05) is 0 Å². The van der Waals surface area contributed by atoms with E-state index in [0.717, 1.165) is 0 Å². The van der Waals surface area contributed by atoms with Gasteiger partial charge in [-0.15, -0.1) is 0 Å². The Morgan fingerprint density at radius 3 is 2.15 bits per heavy atom. The van der Waals surface area contributed by atoms with Gasteiger partial charge in [0.25, 0.3) is 0 Å². The van der Waals surface area contributed by atoms with Crippen molar-refractivity contribution in [1.82, 2.24) is 0 Å². The Kier molecular flexibility index (Phi) is 2.32. The molecule has 0 heterocycles. The summed E-state index contributed by atoms with van der Waals surface area (Å²) in [6, 6.07) is 0. The highest BCUT2D eigenvalue weighted by atomic mass is 16.6. The fourth-order valence-corrected chi connectivity index (χ4v) is 1.11. The van der Waals surface area contributed by atoms with Crippen LogP contribution in [0.4, 0.5) is 0 Å². The molecule has 0 spiro atoms. The lowest BCUT2D eigenvalue weighted by Gasteiger charge is -2.19. The van der Waals surface area contributed by atoms with Crippen LogP contribution in [-0.2, 0) is 14.3 Å². The first kappa shape index (κ1) is 10.0. The standard InChI is InChI=1S/C9H14O4/c1-9(2,3)13-8(12)6-4-5(6)7(10)11/h5-6H,4H2,1-3H3,(H,10,11)/t5-,6+/m1/s1. The Morgan fingerprint density at radius 1 is 1.31 bits per heavy atom. The minimum atomic E-state index is -0.907. The molecule has 1 fully saturated rings. The summed E-state index contributed by atoms with van der Waals surface area (Å²) < 4.78 is 5.04. The molecule has 0 amide bonds. The molecular weight excluding hydrogens is 172 g/mol. The van der Waals surface area contributed by atoms with Crippen LogP contribution in [0.3, 0.4) is 0 Å². The van der Waals surface area contributed by atoms with Crippen LogP contribution < -0.4 is 0 Å². The fraction of sp³-hybridized carbons (Fsp3) is 0.778. The molecule has 4 nitrogen and oxygen atoms in total. The summed E-state index contributed by atoms with van der Waals surface area (Å²) >= 11 is 0. The first-order valence-corrected chi connectivity index (χ1v) is 4.27. The highest BCUT2D eigenvalue weighted by molar-refractivity contribution is 5.86. The van der Waals surface area contributed by atoms with E-state index in [4.69, 9.17) is 9.84 Å². The second-order valence-electron chi connectivity index (χ2n) is 4.32. The Hall–Kier alpha value is -1.06. The van der Waals surface area contributed by atoms with E-state index in [1.165, 1.54) is 0 Å². The molecule has 1 aliphatic carbocycles. The van der Waals surface area contributed by atoms with Gasteiger partial charge in [-0.05, 0) is 27.2 Å². The highest BCUT2D eigenvalue weighted by Gasteiger charge is 2.50. The normalized spacial score (nSPS) is 26.7. The molecule has 1 aliphatic rings. The topological polar surface area (TPSA) is 63.6 Å². The maximum absolute atomic E-state index is 11.3. The second kappa shape index (κ2) is 3.01. The van der Waals surface area contributed by atoms with Crippen molar-refractivity contribution < 1.29 is 19.4 Å². The van der Waals surface area contributed by atoms with Gasteiger partial charge in [0.1, 0.15) is 5.60 Å². The summed E-state index contributed by atoms with van der Waals surface area (Å²) in [7, 11) is 0. The number of carbonyl (C=O) groups excluding carboxylic acids is 1. The zero-order chi connectivity index (χ0) is 10.2. The number of rotatable bonds is 2. The second-order valence-corrected chi connectivity index (χ2v) is 4.32. The maximum atomic E-state index is 11.3. The van der Waals surface area contributed by atoms with Crippen LogP contribution in [0.25, 0.3) is 0 Å². The van der Waals surface area contributed by atoms with E-state index in [0.29, 0.717) is 6.42 Å². The van der Waals surface area contributed by atoms with Crippen LogP contribution in [0.5, 0.6) is 0 Å². The molecule has 0 aromatic heterocycles. The van der Waals surface area contributed by atoms with Gasteiger partial charge < -0.3 is 9.84 Å². The van der Waals surface area contributed by atoms with Crippen molar-refractivity contribution in [1.29, 1.82) is 0 Å². The largest absolute Gasteiger partial charge is 0.481 e. The average molecular weight is 186 g/mol. The van der Waals surface area contributed by atoms with Crippen molar-refractivity contribution in [2.45, 2.75) is 32.8 Å².